The molecule has 0 saturated carbocycles. The SMILES string of the molecule is CC(Cl)[Se]Cc1ccccc1. The van der Waals surface area contributed by atoms with Crippen molar-refractivity contribution in [2.24, 2.45) is 0 Å². The molecule has 0 aliphatic rings. The Balaban J connectivity index is 2.39. The second-order valence-electron chi connectivity index (χ2n) is 2.34. The Kier molecular flexibility index (Phi) is 3.99. The summed E-state index contributed by atoms with van der Waals surface area (Å²) >= 11 is 6.40. The summed E-state index contributed by atoms with van der Waals surface area (Å²) in [6.07, 6.45) is 0. The summed E-state index contributed by atoms with van der Waals surface area (Å²) < 4.78 is 0.350. The molecule has 0 aliphatic heterocycles. The van der Waals surface area contributed by atoms with E-state index in [1.807, 2.05) is 6.07 Å². The zero-order chi connectivity index (χ0) is 8.10. The van der Waals surface area contributed by atoms with Crippen molar-refractivity contribution in [3.05, 3.63) is 35.9 Å². The molecule has 0 aromatic heterocycles. The summed E-state index contributed by atoms with van der Waals surface area (Å²) in [5.41, 5.74) is 1.40. The summed E-state index contributed by atoms with van der Waals surface area (Å²) in [5.74, 6) is 0. The van der Waals surface area contributed by atoms with Gasteiger partial charge in [-0.15, -0.1) is 0 Å². The van der Waals surface area contributed by atoms with Gasteiger partial charge in [-0.2, -0.15) is 0 Å². The first-order chi connectivity index (χ1) is 5.29. The predicted octanol–water partition coefficient (Wildman–Crippen LogP) is 2.48. The van der Waals surface area contributed by atoms with Crippen LogP contribution in [0.25, 0.3) is 0 Å². The molecule has 1 aromatic rings. The summed E-state index contributed by atoms with van der Waals surface area (Å²) in [7, 11) is 0. The Morgan fingerprint density at radius 1 is 1.36 bits per heavy atom. The second-order valence-corrected chi connectivity index (χ2v) is 6.37. The van der Waals surface area contributed by atoms with Crippen LogP contribution in [-0.4, -0.2) is 19.2 Å². The second kappa shape index (κ2) is 4.82. The zero-order valence-corrected chi connectivity index (χ0v) is 8.93. The normalized spacial score (nSPS) is 12.9. The van der Waals surface area contributed by atoms with E-state index >= 15 is 0 Å². The van der Waals surface area contributed by atoms with Gasteiger partial charge in [-0.1, -0.05) is 0 Å². The fourth-order valence-corrected chi connectivity index (χ4v) is 2.40. The molecule has 0 N–H and O–H groups in total. The van der Waals surface area contributed by atoms with Crippen molar-refractivity contribution >= 4 is 26.6 Å². The number of rotatable bonds is 3. The third-order valence-electron chi connectivity index (χ3n) is 1.32. The van der Waals surface area contributed by atoms with Crippen molar-refractivity contribution in [2.75, 3.05) is 0 Å². The van der Waals surface area contributed by atoms with Crippen molar-refractivity contribution in [3.8, 4) is 0 Å². The Hall–Kier alpha value is 0.0295. The Morgan fingerprint density at radius 3 is 2.55 bits per heavy atom. The van der Waals surface area contributed by atoms with Crippen LogP contribution in [-0.2, 0) is 5.32 Å². The van der Waals surface area contributed by atoms with E-state index in [-0.39, 0.29) is 0 Å². The molecule has 60 valence electrons. The summed E-state index contributed by atoms with van der Waals surface area (Å²) in [6.45, 7) is 2.06. The molecule has 0 saturated heterocycles. The van der Waals surface area contributed by atoms with E-state index in [2.05, 4.69) is 31.2 Å². The Bertz CT molecular complexity index is 196. The minimum absolute atomic E-state index is 0.350. The van der Waals surface area contributed by atoms with Gasteiger partial charge in [0.05, 0.1) is 0 Å². The molecule has 1 aromatic carbocycles. The van der Waals surface area contributed by atoms with Crippen molar-refractivity contribution in [1.29, 1.82) is 0 Å². The molecule has 0 heterocycles. The van der Waals surface area contributed by atoms with Crippen LogP contribution >= 0.6 is 11.6 Å². The van der Waals surface area contributed by atoms with Gasteiger partial charge in [-0.25, -0.2) is 0 Å². The van der Waals surface area contributed by atoms with E-state index < -0.39 is 0 Å². The fourth-order valence-electron chi connectivity index (χ4n) is 0.785. The molecule has 0 radical (unpaired) electrons. The van der Waals surface area contributed by atoms with Crippen LogP contribution in [0.5, 0.6) is 0 Å². The Morgan fingerprint density at radius 2 is 2.00 bits per heavy atom. The number of benzene rings is 1. The third kappa shape index (κ3) is 3.81. The maximum absolute atomic E-state index is 5.86. The number of alkyl halides is 1. The topological polar surface area (TPSA) is 0 Å². The third-order valence-corrected chi connectivity index (χ3v) is 3.99. The van der Waals surface area contributed by atoms with E-state index in [9.17, 15) is 0 Å². The van der Waals surface area contributed by atoms with Gasteiger partial charge in [0.2, 0.25) is 0 Å². The molecule has 0 nitrogen and oxygen atoms in total. The number of hydrogen-bond donors (Lipinski definition) is 0. The standard InChI is InChI=1S/C9H11ClSe/c1-8(10)11-7-9-5-3-2-4-6-9/h2-6,8H,7H2,1H3. The number of hydrogen-bond acceptors (Lipinski definition) is 0. The van der Waals surface area contributed by atoms with Crippen LogP contribution in [0.2, 0.25) is 0 Å². The van der Waals surface area contributed by atoms with E-state index in [1.165, 1.54) is 5.56 Å². The van der Waals surface area contributed by atoms with E-state index in [4.69, 9.17) is 11.6 Å². The first-order valence-electron chi connectivity index (χ1n) is 3.58. The predicted molar refractivity (Wildman–Crippen MR) is 51.2 cm³/mol. The molecular weight excluding hydrogens is 223 g/mol. The van der Waals surface area contributed by atoms with Gasteiger partial charge in [0.25, 0.3) is 0 Å². The molecule has 1 rings (SSSR count). The van der Waals surface area contributed by atoms with Crippen LogP contribution < -0.4 is 0 Å². The van der Waals surface area contributed by atoms with Gasteiger partial charge in [-0.05, 0) is 0 Å². The minimum atomic E-state index is 0.350. The first-order valence-corrected chi connectivity index (χ1v) is 6.22. The fraction of sp³-hybridized carbons (Fsp3) is 0.333. The van der Waals surface area contributed by atoms with Crippen LogP contribution in [0.4, 0.5) is 0 Å². The molecule has 0 amide bonds. The van der Waals surface area contributed by atoms with Crippen LogP contribution in [0.1, 0.15) is 12.5 Å². The van der Waals surface area contributed by atoms with Gasteiger partial charge >= 0.3 is 79.0 Å². The van der Waals surface area contributed by atoms with Crippen molar-refractivity contribution in [1.82, 2.24) is 0 Å². The zero-order valence-electron chi connectivity index (χ0n) is 6.46. The molecule has 0 spiro atoms. The first kappa shape index (κ1) is 9.12. The van der Waals surface area contributed by atoms with Gasteiger partial charge in [0.1, 0.15) is 0 Å². The molecule has 1 unspecified atom stereocenters. The van der Waals surface area contributed by atoms with Crippen molar-refractivity contribution in [3.63, 3.8) is 0 Å². The van der Waals surface area contributed by atoms with Crippen molar-refractivity contribution in [2.45, 2.75) is 16.5 Å². The van der Waals surface area contributed by atoms with Gasteiger partial charge in [-0.3, -0.25) is 0 Å². The molecule has 11 heavy (non-hydrogen) atoms. The van der Waals surface area contributed by atoms with E-state index in [0.29, 0.717) is 19.2 Å². The number of halogens is 1. The van der Waals surface area contributed by atoms with Crippen LogP contribution in [0.15, 0.2) is 30.3 Å². The van der Waals surface area contributed by atoms with E-state index in [1.54, 1.807) is 0 Å². The van der Waals surface area contributed by atoms with Gasteiger partial charge in [0, 0.05) is 0 Å². The molecule has 0 aliphatic carbocycles. The Labute approximate surface area is 79.1 Å². The maximum atomic E-state index is 5.86. The van der Waals surface area contributed by atoms with E-state index in [0.717, 1.165) is 5.32 Å². The quantitative estimate of drug-likeness (QED) is 0.556. The average molecular weight is 234 g/mol. The molecular formula is C9H11ClSe. The average Bonchev–Trinajstić information content (AvgIpc) is 2.03. The summed E-state index contributed by atoms with van der Waals surface area (Å²) in [4.78, 5) is 0. The van der Waals surface area contributed by atoms with Gasteiger partial charge in [0.15, 0.2) is 0 Å². The summed E-state index contributed by atoms with van der Waals surface area (Å²) in [5, 5.41) is 1.15. The van der Waals surface area contributed by atoms with Crippen LogP contribution in [0.3, 0.4) is 0 Å². The molecule has 2 heteroatoms. The molecule has 1 atom stereocenters. The molecule has 0 bridgehead atoms. The molecule has 0 fully saturated rings. The monoisotopic (exact) mass is 234 g/mol. The summed E-state index contributed by atoms with van der Waals surface area (Å²) in [6, 6.07) is 10.5. The van der Waals surface area contributed by atoms with Crippen LogP contribution in [0, 0.1) is 0 Å². The van der Waals surface area contributed by atoms with Gasteiger partial charge < -0.3 is 0 Å². The van der Waals surface area contributed by atoms with Crippen molar-refractivity contribution < 1.29 is 0 Å².